The number of rotatable bonds is 5. The number of nitrogens with zero attached hydrogens (tertiary/aromatic N) is 1. The highest BCUT2D eigenvalue weighted by atomic mass is 16.2. The number of nitrogens with one attached hydrogen (secondary N) is 2. The number of carbonyl (C=O) groups excluding carboxylic acids is 2. The zero-order chi connectivity index (χ0) is 15.9. The van der Waals surface area contributed by atoms with Crippen LogP contribution in [0.15, 0.2) is 48.5 Å². The van der Waals surface area contributed by atoms with Crippen molar-refractivity contribution in [1.29, 1.82) is 5.26 Å². The molecular formula is C17H15N3O2. The van der Waals surface area contributed by atoms with Gasteiger partial charge in [-0.3, -0.25) is 9.59 Å². The minimum atomic E-state index is -0.252. The van der Waals surface area contributed by atoms with E-state index in [9.17, 15) is 9.59 Å². The Morgan fingerprint density at radius 1 is 1.09 bits per heavy atom. The van der Waals surface area contributed by atoms with Gasteiger partial charge in [-0.2, -0.15) is 5.26 Å². The number of nitriles is 1. The Morgan fingerprint density at radius 3 is 2.41 bits per heavy atom. The lowest BCUT2D eigenvalue weighted by Gasteiger charge is -2.09. The molecule has 2 aromatic rings. The van der Waals surface area contributed by atoms with Crippen molar-refractivity contribution < 1.29 is 9.59 Å². The molecule has 1 amide bonds. The van der Waals surface area contributed by atoms with Crippen molar-refractivity contribution in [1.82, 2.24) is 0 Å². The summed E-state index contributed by atoms with van der Waals surface area (Å²) < 4.78 is 0. The Labute approximate surface area is 128 Å². The Hall–Kier alpha value is -3.13. The first-order valence-electron chi connectivity index (χ1n) is 6.74. The second-order valence-electron chi connectivity index (χ2n) is 4.69. The highest BCUT2D eigenvalue weighted by molar-refractivity contribution is 5.95. The molecule has 0 fully saturated rings. The van der Waals surface area contributed by atoms with E-state index in [-0.39, 0.29) is 18.2 Å². The predicted octanol–water partition coefficient (Wildman–Crippen LogP) is 2.81. The summed E-state index contributed by atoms with van der Waals surface area (Å²) in [6.45, 7) is 1.57. The summed E-state index contributed by atoms with van der Waals surface area (Å²) in [5, 5.41) is 14.6. The molecule has 2 aromatic carbocycles. The van der Waals surface area contributed by atoms with Crippen LogP contribution in [0.3, 0.4) is 0 Å². The molecule has 5 nitrogen and oxygen atoms in total. The molecule has 22 heavy (non-hydrogen) atoms. The van der Waals surface area contributed by atoms with Crippen LogP contribution >= 0.6 is 0 Å². The first-order valence-corrected chi connectivity index (χ1v) is 6.74. The lowest BCUT2D eigenvalue weighted by atomic mass is 10.1. The van der Waals surface area contributed by atoms with Crippen LogP contribution < -0.4 is 10.6 Å². The Kier molecular flexibility index (Phi) is 4.89. The van der Waals surface area contributed by atoms with Crippen LogP contribution in [-0.4, -0.2) is 18.2 Å². The molecule has 0 aliphatic rings. The summed E-state index contributed by atoms with van der Waals surface area (Å²) in [6, 6.07) is 15.7. The number of hydrogen-bond acceptors (Lipinski definition) is 4. The third kappa shape index (κ3) is 3.93. The van der Waals surface area contributed by atoms with E-state index in [1.807, 2.05) is 6.07 Å². The molecule has 0 bridgehead atoms. The van der Waals surface area contributed by atoms with Crippen LogP contribution in [0.5, 0.6) is 0 Å². The van der Waals surface area contributed by atoms with E-state index in [0.717, 1.165) is 5.69 Å². The van der Waals surface area contributed by atoms with Crippen molar-refractivity contribution in [2.45, 2.75) is 6.92 Å². The van der Waals surface area contributed by atoms with Crippen LogP contribution in [0.4, 0.5) is 11.4 Å². The lowest BCUT2D eigenvalue weighted by Crippen LogP contribution is -2.22. The van der Waals surface area contributed by atoms with Gasteiger partial charge in [0.1, 0.15) is 6.07 Å². The summed E-state index contributed by atoms with van der Waals surface area (Å²) in [6.07, 6.45) is 0. The van der Waals surface area contributed by atoms with Gasteiger partial charge in [0.05, 0.1) is 17.8 Å². The Balaban J connectivity index is 1.93. The molecule has 0 aliphatic heterocycles. The Morgan fingerprint density at radius 2 is 1.77 bits per heavy atom. The fraction of sp³-hybridized carbons (Fsp3) is 0.118. The van der Waals surface area contributed by atoms with E-state index in [4.69, 9.17) is 5.26 Å². The summed E-state index contributed by atoms with van der Waals surface area (Å²) in [5.41, 5.74) is 2.28. The molecule has 0 spiro atoms. The van der Waals surface area contributed by atoms with Gasteiger partial charge in [-0.25, -0.2) is 0 Å². The van der Waals surface area contributed by atoms with E-state index in [1.54, 1.807) is 48.5 Å². The largest absolute Gasteiger partial charge is 0.376 e. The van der Waals surface area contributed by atoms with E-state index in [0.29, 0.717) is 16.8 Å². The fourth-order valence-corrected chi connectivity index (χ4v) is 1.89. The highest BCUT2D eigenvalue weighted by Crippen LogP contribution is 2.14. The summed E-state index contributed by atoms with van der Waals surface area (Å²) in [4.78, 5) is 23.1. The average molecular weight is 293 g/mol. The van der Waals surface area contributed by atoms with Gasteiger partial charge < -0.3 is 10.6 Å². The number of ketones is 1. The number of benzene rings is 2. The van der Waals surface area contributed by atoms with Crippen molar-refractivity contribution in [3.05, 3.63) is 59.7 Å². The topological polar surface area (TPSA) is 82.0 Å². The molecule has 0 aliphatic carbocycles. The number of anilines is 2. The second kappa shape index (κ2) is 7.04. The zero-order valence-corrected chi connectivity index (χ0v) is 12.1. The molecule has 0 saturated heterocycles. The molecule has 0 radical (unpaired) electrons. The number of amides is 1. The van der Waals surface area contributed by atoms with E-state index in [2.05, 4.69) is 10.6 Å². The molecule has 0 heterocycles. The summed E-state index contributed by atoms with van der Waals surface area (Å²) in [7, 11) is 0. The minimum Gasteiger partial charge on any atom is -0.376 e. The molecular weight excluding hydrogens is 278 g/mol. The first kappa shape index (κ1) is 15.3. The monoisotopic (exact) mass is 293 g/mol. The van der Waals surface area contributed by atoms with Gasteiger partial charge in [-0.15, -0.1) is 0 Å². The quantitative estimate of drug-likeness (QED) is 0.830. The molecule has 2 rings (SSSR count). The normalized spacial score (nSPS) is 9.64. The van der Waals surface area contributed by atoms with Crippen LogP contribution in [0.25, 0.3) is 0 Å². The van der Waals surface area contributed by atoms with Gasteiger partial charge in [0.2, 0.25) is 5.91 Å². The van der Waals surface area contributed by atoms with Crippen molar-refractivity contribution in [3.8, 4) is 6.07 Å². The molecule has 110 valence electrons. The molecule has 0 atom stereocenters. The van der Waals surface area contributed by atoms with Gasteiger partial charge in [-0.05, 0) is 43.3 Å². The molecule has 0 unspecified atom stereocenters. The molecule has 2 N–H and O–H groups in total. The highest BCUT2D eigenvalue weighted by Gasteiger charge is 2.06. The van der Waals surface area contributed by atoms with Crippen molar-refractivity contribution in [2.75, 3.05) is 17.2 Å². The average Bonchev–Trinajstić information content (AvgIpc) is 2.54. The van der Waals surface area contributed by atoms with Gasteiger partial charge in [0.25, 0.3) is 0 Å². The van der Waals surface area contributed by atoms with Crippen LogP contribution in [0, 0.1) is 11.3 Å². The maximum Gasteiger partial charge on any atom is 0.243 e. The molecule has 0 saturated carbocycles. The van der Waals surface area contributed by atoms with Gasteiger partial charge in [0, 0.05) is 11.3 Å². The standard InChI is InChI=1S/C17H15N3O2/c1-12(21)13-6-8-15(9-7-13)19-11-17(22)20-16-5-3-2-4-14(16)10-18/h2-9,19H,11H2,1H3,(H,20,22). The summed E-state index contributed by atoms with van der Waals surface area (Å²) >= 11 is 0. The fourth-order valence-electron chi connectivity index (χ4n) is 1.89. The number of carbonyl (C=O) groups is 2. The van der Waals surface area contributed by atoms with Crippen molar-refractivity contribution >= 4 is 23.1 Å². The number of Topliss-reactive ketones (excluding diaryl/α,β-unsaturated/α-hetero) is 1. The second-order valence-corrected chi connectivity index (χ2v) is 4.69. The zero-order valence-electron chi connectivity index (χ0n) is 12.1. The lowest BCUT2D eigenvalue weighted by molar-refractivity contribution is -0.114. The molecule has 5 heteroatoms. The van der Waals surface area contributed by atoms with Crippen LogP contribution in [0.1, 0.15) is 22.8 Å². The van der Waals surface area contributed by atoms with Crippen molar-refractivity contribution in [2.24, 2.45) is 0 Å². The van der Waals surface area contributed by atoms with Crippen LogP contribution in [0.2, 0.25) is 0 Å². The number of hydrogen-bond donors (Lipinski definition) is 2. The SMILES string of the molecule is CC(=O)c1ccc(NCC(=O)Nc2ccccc2C#N)cc1. The minimum absolute atomic E-state index is 0.00240. The maximum atomic E-state index is 11.9. The van der Waals surface area contributed by atoms with E-state index < -0.39 is 0 Å². The third-order valence-electron chi connectivity index (χ3n) is 3.07. The van der Waals surface area contributed by atoms with E-state index in [1.165, 1.54) is 6.92 Å². The summed E-state index contributed by atoms with van der Waals surface area (Å²) in [5.74, 6) is -0.254. The van der Waals surface area contributed by atoms with Gasteiger partial charge in [-0.1, -0.05) is 12.1 Å². The number of para-hydroxylation sites is 1. The smallest absolute Gasteiger partial charge is 0.243 e. The third-order valence-corrected chi connectivity index (χ3v) is 3.07. The molecule has 0 aromatic heterocycles. The Bertz CT molecular complexity index is 730. The van der Waals surface area contributed by atoms with E-state index >= 15 is 0 Å². The van der Waals surface area contributed by atoms with Gasteiger partial charge >= 0.3 is 0 Å². The van der Waals surface area contributed by atoms with Gasteiger partial charge in [0.15, 0.2) is 5.78 Å². The maximum absolute atomic E-state index is 11.9. The predicted molar refractivity (Wildman–Crippen MR) is 84.7 cm³/mol. The van der Waals surface area contributed by atoms with Crippen molar-refractivity contribution in [3.63, 3.8) is 0 Å². The first-order chi connectivity index (χ1) is 10.6. The van der Waals surface area contributed by atoms with Crippen LogP contribution in [-0.2, 0) is 4.79 Å².